The molecule has 1 fully saturated rings. The number of anilines is 2. The number of fused-ring (bicyclic) bond motifs is 1. The third kappa shape index (κ3) is 5.39. The van der Waals surface area contributed by atoms with Gasteiger partial charge in [0.25, 0.3) is 0 Å². The van der Waals surface area contributed by atoms with Gasteiger partial charge in [-0.05, 0) is 24.3 Å². The Morgan fingerprint density at radius 1 is 1.25 bits per heavy atom. The Balaban J connectivity index is 1.43. The van der Waals surface area contributed by atoms with Gasteiger partial charge in [-0.2, -0.15) is 17.0 Å². The van der Waals surface area contributed by atoms with Gasteiger partial charge in [-0.3, -0.25) is 9.88 Å². The van der Waals surface area contributed by atoms with E-state index in [9.17, 15) is 9.65 Å². The minimum Gasteiger partial charge on any atom is -0.475 e. The number of halogens is 2. The lowest BCUT2D eigenvalue weighted by atomic mass is 10.1. The zero-order valence-electron chi connectivity index (χ0n) is 19.4. The molecule has 0 bridgehead atoms. The molecule has 0 radical (unpaired) electrons. The summed E-state index contributed by atoms with van der Waals surface area (Å²) in [6, 6.07) is 10.7. The first-order valence-electron chi connectivity index (χ1n) is 11.2. The number of aryl methyl sites for hydroxylation is 1. The first-order chi connectivity index (χ1) is 17.5. The molecule has 0 aliphatic carbocycles. The fourth-order valence-corrected chi connectivity index (χ4v) is 5.85. The summed E-state index contributed by atoms with van der Waals surface area (Å²) < 4.78 is 22.5. The van der Waals surface area contributed by atoms with Crippen molar-refractivity contribution in [3.05, 3.63) is 65.3 Å². The van der Waals surface area contributed by atoms with Crippen LogP contribution in [0.4, 0.5) is 15.8 Å². The quantitative estimate of drug-likeness (QED) is 0.310. The summed E-state index contributed by atoms with van der Waals surface area (Å²) in [5, 5.41) is 15.0. The van der Waals surface area contributed by atoms with E-state index in [4.69, 9.17) is 16.3 Å². The Kier molecular flexibility index (Phi) is 7.53. The molecule has 0 saturated carbocycles. The lowest BCUT2D eigenvalue weighted by Crippen LogP contribution is -2.35. The van der Waals surface area contributed by atoms with Gasteiger partial charge < -0.3 is 14.6 Å². The van der Waals surface area contributed by atoms with Crippen LogP contribution in [0, 0.1) is 17.1 Å². The monoisotopic (exact) mass is 540 g/mol. The van der Waals surface area contributed by atoms with Crippen LogP contribution in [0.1, 0.15) is 5.56 Å². The zero-order valence-corrected chi connectivity index (χ0v) is 21.8. The fourth-order valence-electron chi connectivity index (χ4n) is 3.77. The Bertz CT molecular complexity index is 1450. The number of thioether (sulfide) groups is 1. The van der Waals surface area contributed by atoms with Crippen LogP contribution in [-0.2, 0) is 7.05 Å². The van der Waals surface area contributed by atoms with Crippen LogP contribution < -0.4 is 10.1 Å². The molecule has 2 aromatic heterocycles. The van der Waals surface area contributed by atoms with Crippen LogP contribution in [0.25, 0.3) is 10.9 Å². The van der Waals surface area contributed by atoms with E-state index in [1.807, 2.05) is 41.7 Å². The Labute approximate surface area is 221 Å². The molecule has 2 aromatic carbocycles. The van der Waals surface area contributed by atoms with E-state index in [0.29, 0.717) is 39.6 Å². The van der Waals surface area contributed by atoms with Gasteiger partial charge in [0.05, 0.1) is 21.8 Å². The number of hydrogen-bond donors (Lipinski definition) is 1. The molecule has 7 nitrogen and oxygen atoms in total. The van der Waals surface area contributed by atoms with Gasteiger partial charge in [-0.15, -0.1) is 0 Å². The number of pyridine rings is 1. The second kappa shape index (κ2) is 11.0. The summed E-state index contributed by atoms with van der Waals surface area (Å²) in [5.74, 6) is 1.71. The molecular formula is C25H22ClFN6OS2. The van der Waals surface area contributed by atoms with Crippen molar-refractivity contribution in [2.75, 3.05) is 36.6 Å². The third-order valence-corrected chi connectivity index (χ3v) is 8.25. The smallest absolute Gasteiger partial charge is 0.172 e. The largest absolute Gasteiger partial charge is 0.475 e. The van der Waals surface area contributed by atoms with E-state index in [1.165, 1.54) is 24.0 Å². The van der Waals surface area contributed by atoms with Crippen molar-refractivity contribution in [2.45, 2.75) is 10.1 Å². The van der Waals surface area contributed by atoms with E-state index < -0.39 is 5.82 Å². The molecule has 11 heteroatoms. The number of nitrogens with one attached hydrogen (secondary N) is 1. The van der Waals surface area contributed by atoms with Gasteiger partial charge in [0.2, 0.25) is 0 Å². The molecule has 0 spiro atoms. The topological polar surface area (TPSA) is 79.0 Å². The lowest BCUT2D eigenvalue weighted by molar-refractivity contribution is 0.133. The van der Waals surface area contributed by atoms with Gasteiger partial charge >= 0.3 is 0 Å². The molecule has 0 unspecified atom stereocenters. The van der Waals surface area contributed by atoms with Crippen molar-refractivity contribution >= 4 is 57.4 Å². The van der Waals surface area contributed by atoms with Gasteiger partial charge in [0.1, 0.15) is 12.8 Å². The Morgan fingerprint density at radius 3 is 2.81 bits per heavy atom. The van der Waals surface area contributed by atoms with Crippen molar-refractivity contribution in [1.29, 1.82) is 5.26 Å². The van der Waals surface area contributed by atoms with Gasteiger partial charge in [-0.25, -0.2) is 9.37 Å². The summed E-state index contributed by atoms with van der Waals surface area (Å²) in [4.78, 5) is 11.6. The van der Waals surface area contributed by atoms with E-state index in [0.717, 1.165) is 34.6 Å². The number of hydrogen-bond acceptors (Lipinski definition) is 8. The summed E-state index contributed by atoms with van der Waals surface area (Å²) in [5.41, 5.74) is 1.95. The number of benzene rings is 2. The van der Waals surface area contributed by atoms with Crippen LogP contribution in [0.2, 0.25) is 5.02 Å². The standard InChI is InChI=1S/C25H22ClFN6OS2/c1-32-5-4-29-25(32)36-23-3-2-17(10-19(23)26)31-24-16(13-28)14-30-21-12-20(27)22(11-18(21)24)34-15-33-6-8-35-9-7-33/h2-5,10-12,14H,6-9,15H2,1H3,(H,30,31). The molecular weight excluding hydrogens is 519 g/mol. The molecule has 1 N–H and O–H groups in total. The molecule has 184 valence electrons. The van der Waals surface area contributed by atoms with E-state index in [-0.39, 0.29) is 5.75 Å². The summed E-state index contributed by atoms with van der Waals surface area (Å²) in [6.45, 7) is 2.12. The van der Waals surface area contributed by atoms with E-state index >= 15 is 0 Å². The maximum atomic E-state index is 14.8. The minimum atomic E-state index is -0.490. The van der Waals surface area contributed by atoms with Crippen LogP contribution >= 0.6 is 35.1 Å². The number of aromatic nitrogens is 3. The normalized spacial score (nSPS) is 14.1. The summed E-state index contributed by atoms with van der Waals surface area (Å²) >= 11 is 9.93. The highest BCUT2D eigenvalue weighted by Gasteiger charge is 2.17. The molecule has 5 rings (SSSR count). The van der Waals surface area contributed by atoms with Gasteiger partial charge in [0.15, 0.2) is 16.7 Å². The zero-order chi connectivity index (χ0) is 25.1. The molecule has 3 heterocycles. The second-order valence-corrected chi connectivity index (χ2v) is 10.8. The van der Waals surface area contributed by atoms with Gasteiger partial charge in [-0.1, -0.05) is 23.4 Å². The second-order valence-electron chi connectivity index (χ2n) is 8.16. The van der Waals surface area contributed by atoms with E-state index in [1.54, 1.807) is 18.3 Å². The number of ether oxygens (including phenoxy) is 1. The predicted octanol–water partition coefficient (Wildman–Crippen LogP) is 5.91. The lowest BCUT2D eigenvalue weighted by Gasteiger charge is -2.26. The SMILES string of the molecule is Cn1ccnc1Sc1ccc(Nc2c(C#N)cnc3cc(F)c(OCN4CCSCC4)cc23)cc1Cl. The maximum Gasteiger partial charge on any atom is 0.172 e. The number of imidazole rings is 1. The first kappa shape index (κ1) is 24.7. The number of rotatable bonds is 7. The molecule has 1 aliphatic heterocycles. The molecule has 0 atom stereocenters. The third-order valence-electron chi connectivity index (χ3n) is 5.73. The first-order valence-corrected chi connectivity index (χ1v) is 13.5. The van der Waals surface area contributed by atoms with Crippen molar-refractivity contribution in [1.82, 2.24) is 19.4 Å². The van der Waals surface area contributed by atoms with Crippen molar-refractivity contribution in [3.8, 4) is 11.8 Å². The minimum absolute atomic E-state index is 0.125. The van der Waals surface area contributed by atoms with Crippen LogP contribution in [0.15, 0.2) is 59.0 Å². The average molecular weight is 541 g/mol. The molecule has 0 amide bonds. The van der Waals surface area contributed by atoms with Crippen LogP contribution in [0.3, 0.4) is 0 Å². The fraction of sp³-hybridized carbons (Fsp3) is 0.240. The van der Waals surface area contributed by atoms with E-state index in [2.05, 4.69) is 26.3 Å². The van der Waals surface area contributed by atoms with Crippen molar-refractivity contribution in [3.63, 3.8) is 0 Å². The molecule has 36 heavy (non-hydrogen) atoms. The van der Waals surface area contributed by atoms with Crippen LogP contribution in [0.5, 0.6) is 5.75 Å². The molecule has 4 aromatic rings. The number of nitriles is 1. The highest BCUT2D eigenvalue weighted by Crippen LogP contribution is 2.37. The van der Waals surface area contributed by atoms with Crippen LogP contribution in [-0.4, -0.2) is 50.8 Å². The molecule has 1 aliphatic rings. The Hall–Kier alpha value is -2.97. The molecule has 1 saturated heterocycles. The summed E-state index contributed by atoms with van der Waals surface area (Å²) in [6.07, 6.45) is 5.04. The van der Waals surface area contributed by atoms with Crippen molar-refractivity contribution < 1.29 is 9.13 Å². The average Bonchev–Trinajstić information content (AvgIpc) is 3.29. The Morgan fingerprint density at radius 2 is 2.08 bits per heavy atom. The van der Waals surface area contributed by atoms with Crippen molar-refractivity contribution in [2.24, 2.45) is 7.05 Å². The number of nitrogens with zero attached hydrogens (tertiary/aromatic N) is 5. The predicted molar refractivity (Wildman–Crippen MR) is 143 cm³/mol. The highest BCUT2D eigenvalue weighted by atomic mass is 35.5. The summed E-state index contributed by atoms with van der Waals surface area (Å²) in [7, 11) is 1.92. The highest BCUT2D eigenvalue weighted by molar-refractivity contribution is 7.99. The maximum absolute atomic E-state index is 14.8. The van der Waals surface area contributed by atoms with Gasteiger partial charge in [0, 0.05) is 72.3 Å².